The summed E-state index contributed by atoms with van der Waals surface area (Å²) in [4.78, 5) is 35.2. The van der Waals surface area contributed by atoms with E-state index in [-0.39, 0.29) is 25.0 Å². The topological polar surface area (TPSA) is 69.7 Å². The highest BCUT2D eigenvalue weighted by Crippen LogP contribution is 2.05. The zero-order chi connectivity index (χ0) is 22.2. The number of hydrogen-bond donors (Lipinski definition) is 0. The van der Waals surface area contributed by atoms with Crippen molar-refractivity contribution in [1.29, 1.82) is 0 Å². The predicted octanol–water partition coefficient (Wildman–Crippen LogP) is 5.11. The van der Waals surface area contributed by atoms with Crippen molar-refractivity contribution in [2.24, 2.45) is 0 Å². The molecular weight excluding hydrogens is 392 g/mol. The third-order valence-electron chi connectivity index (χ3n) is 4.37. The van der Waals surface area contributed by atoms with Crippen LogP contribution in [-0.2, 0) is 37.1 Å². The van der Waals surface area contributed by atoms with Crippen LogP contribution in [0.2, 0.25) is 0 Å². The zero-order valence-electron chi connectivity index (χ0n) is 17.6. The van der Waals surface area contributed by atoms with Crippen molar-refractivity contribution < 1.29 is 23.9 Å². The summed E-state index contributed by atoms with van der Waals surface area (Å²) < 4.78 is 10.3. The summed E-state index contributed by atoms with van der Waals surface area (Å²) in [6.45, 7) is 0.478. The first-order chi connectivity index (χ1) is 15.1. The number of ether oxygens (including phenoxy) is 2. The maximum absolute atomic E-state index is 11.9. The van der Waals surface area contributed by atoms with E-state index in [0.29, 0.717) is 32.1 Å². The second-order valence-electron chi connectivity index (χ2n) is 6.96. The number of unbranched alkanes of at least 4 members (excludes halogenated alkanes) is 1. The summed E-state index contributed by atoms with van der Waals surface area (Å²) in [6, 6.07) is 18.9. The van der Waals surface area contributed by atoms with Crippen LogP contribution in [0.1, 0.15) is 43.2 Å². The van der Waals surface area contributed by atoms with Crippen molar-refractivity contribution in [1.82, 2.24) is 0 Å². The van der Waals surface area contributed by atoms with Crippen LogP contribution in [-0.4, -0.2) is 17.7 Å². The minimum atomic E-state index is -0.416. The summed E-state index contributed by atoms with van der Waals surface area (Å²) >= 11 is 0. The minimum Gasteiger partial charge on any atom is -0.458 e. The lowest BCUT2D eigenvalue weighted by atomic mass is 10.1. The van der Waals surface area contributed by atoms with E-state index in [1.54, 1.807) is 12.2 Å². The number of esters is 2. The van der Waals surface area contributed by atoms with Gasteiger partial charge < -0.3 is 9.47 Å². The van der Waals surface area contributed by atoms with Crippen LogP contribution in [0.25, 0.3) is 0 Å². The number of benzene rings is 2. The SMILES string of the molecule is O=C(CC/C=C/C(=O)OCc1ccccc1)CCC/C=C/C(=O)OCc1ccccc1. The molecule has 0 saturated carbocycles. The first kappa shape index (κ1) is 23.8. The van der Waals surface area contributed by atoms with Gasteiger partial charge in [0.2, 0.25) is 0 Å². The molecule has 0 radical (unpaired) electrons. The Hall–Kier alpha value is -3.47. The molecule has 0 N–H and O–H groups in total. The van der Waals surface area contributed by atoms with Gasteiger partial charge >= 0.3 is 11.9 Å². The summed E-state index contributed by atoms with van der Waals surface area (Å²) in [5.41, 5.74) is 1.87. The van der Waals surface area contributed by atoms with E-state index in [9.17, 15) is 14.4 Å². The highest BCUT2D eigenvalue weighted by molar-refractivity contribution is 5.82. The fourth-order valence-electron chi connectivity index (χ4n) is 2.70. The molecular formula is C26H28O5. The van der Waals surface area contributed by atoms with Crippen LogP contribution < -0.4 is 0 Å². The molecule has 0 aromatic heterocycles. The molecule has 162 valence electrons. The maximum Gasteiger partial charge on any atom is 0.330 e. The number of rotatable bonds is 13. The van der Waals surface area contributed by atoms with Gasteiger partial charge in [0.25, 0.3) is 0 Å². The Labute approximate surface area is 183 Å². The smallest absolute Gasteiger partial charge is 0.330 e. The Morgan fingerprint density at radius 2 is 1.13 bits per heavy atom. The van der Waals surface area contributed by atoms with E-state index >= 15 is 0 Å². The maximum atomic E-state index is 11.9. The molecule has 0 heterocycles. The first-order valence-electron chi connectivity index (χ1n) is 10.4. The zero-order valence-corrected chi connectivity index (χ0v) is 17.6. The molecule has 0 fully saturated rings. The second kappa shape index (κ2) is 14.5. The lowest BCUT2D eigenvalue weighted by Crippen LogP contribution is -2.01. The lowest BCUT2D eigenvalue weighted by Gasteiger charge is -2.02. The molecule has 0 amide bonds. The largest absolute Gasteiger partial charge is 0.458 e. The molecule has 2 aromatic rings. The molecule has 2 aromatic carbocycles. The van der Waals surface area contributed by atoms with E-state index in [0.717, 1.165) is 11.1 Å². The fourth-order valence-corrected chi connectivity index (χ4v) is 2.70. The molecule has 5 nitrogen and oxygen atoms in total. The molecule has 0 spiro atoms. The van der Waals surface area contributed by atoms with Gasteiger partial charge in [0, 0.05) is 25.0 Å². The van der Waals surface area contributed by atoms with Gasteiger partial charge in [-0.15, -0.1) is 0 Å². The van der Waals surface area contributed by atoms with Crippen molar-refractivity contribution >= 4 is 17.7 Å². The van der Waals surface area contributed by atoms with Crippen molar-refractivity contribution in [2.45, 2.75) is 45.3 Å². The van der Waals surface area contributed by atoms with Gasteiger partial charge in [-0.2, -0.15) is 0 Å². The number of Topliss-reactive ketones (excluding diaryl/α,β-unsaturated/α-hetero) is 1. The van der Waals surface area contributed by atoms with Crippen LogP contribution in [0.4, 0.5) is 0 Å². The highest BCUT2D eigenvalue weighted by atomic mass is 16.5. The highest BCUT2D eigenvalue weighted by Gasteiger charge is 2.02. The normalized spacial score (nSPS) is 11.0. The molecule has 31 heavy (non-hydrogen) atoms. The van der Waals surface area contributed by atoms with E-state index in [1.807, 2.05) is 60.7 Å². The number of hydrogen-bond acceptors (Lipinski definition) is 5. The molecule has 0 aliphatic heterocycles. The Balaban J connectivity index is 1.49. The molecule has 0 atom stereocenters. The average molecular weight is 421 g/mol. The third kappa shape index (κ3) is 11.3. The Kier molecular flexibility index (Phi) is 11.1. The van der Waals surface area contributed by atoms with Gasteiger partial charge in [-0.1, -0.05) is 72.8 Å². The van der Waals surface area contributed by atoms with Crippen molar-refractivity contribution in [3.63, 3.8) is 0 Å². The molecule has 5 heteroatoms. The van der Waals surface area contributed by atoms with E-state index in [1.165, 1.54) is 12.2 Å². The van der Waals surface area contributed by atoms with Crippen LogP contribution >= 0.6 is 0 Å². The summed E-state index contributed by atoms with van der Waals surface area (Å²) in [7, 11) is 0. The number of ketones is 1. The number of carbonyl (C=O) groups excluding carboxylic acids is 3. The lowest BCUT2D eigenvalue weighted by molar-refractivity contribution is -0.139. The molecule has 0 saturated heterocycles. The Morgan fingerprint density at radius 3 is 1.65 bits per heavy atom. The van der Waals surface area contributed by atoms with E-state index in [4.69, 9.17) is 9.47 Å². The van der Waals surface area contributed by atoms with E-state index < -0.39 is 5.97 Å². The number of carbonyl (C=O) groups is 3. The summed E-state index contributed by atoms with van der Waals surface area (Å²) in [6.07, 6.45) is 8.77. The van der Waals surface area contributed by atoms with Crippen LogP contribution in [0, 0.1) is 0 Å². The Bertz CT molecular complexity index is 869. The van der Waals surface area contributed by atoms with Crippen LogP contribution in [0.5, 0.6) is 0 Å². The number of allylic oxidation sites excluding steroid dienone is 2. The van der Waals surface area contributed by atoms with Gasteiger partial charge in [-0.05, 0) is 30.4 Å². The molecule has 0 aliphatic rings. The van der Waals surface area contributed by atoms with Gasteiger partial charge in [0.15, 0.2) is 0 Å². The Morgan fingerprint density at radius 1 is 0.645 bits per heavy atom. The van der Waals surface area contributed by atoms with Gasteiger partial charge in [0.1, 0.15) is 19.0 Å². The van der Waals surface area contributed by atoms with Crippen LogP contribution in [0.3, 0.4) is 0 Å². The van der Waals surface area contributed by atoms with Gasteiger partial charge in [-0.3, -0.25) is 4.79 Å². The second-order valence-corrected chi connectivity index (χ2v) is 6.96. The van der Waals surface area contributed by atoms with Crippen molar-refractivity contribution in [3.8, 4) is 0 Å². The third-order valence-corrected chi connectivity index (χ3v) is 4.37. The first-order valence-corrected chi connectivity index (χ1v) is 10.4. The monoisotopic (exact) mass is 420 g/mol. The van der Waals surface area contributed by atoms with Crippen molar-refractivity contribution in [2.75, 3.05) is 0 Å². The molecule has 0 bridgehead atoms. The molecule has 0 aliphatic carbocycles. The fraction of sp³-hybridized carbons (Fsp3) is 0.269. The standard InChI is InChI=1S/C26H28O5/c27-24(17-10-11-19-26(29)31-21-23-14-6-2-7-15-23)16-8-3-9-18-25(28)30-20-22-12-4-1-5-13-22/h1-2,4-7,9,11-15,18-19H,3,8,10,16-17,20-21H2/b18-9+,19-11+. The predicted molar refractivity (Wildman–Crippen MR) is 119 cm³/mol. The quantitative estimate of drug-likeness (QED) is 0.256. The van der Waals surface area contributed by atoms with Gasteiger partial charge in [-0.25, -0.2) is 9.59 Å². The molecule has 0 unspecified atom stereocenters. The van der Waals surface area contributed by atoms with Crippen molar-refractivity contribution in [3.05, 3.63) is 96.1 Å². The summed E-state index contributed by atoms with van der Waals surface area (Å²) in [5, 5.41) is 0. The van der Waals surface area contributed by atoms with E-state index in [2.05, 4.69) is 0 Å². The molecule has 2 rings (SSSR count). The summed E-state index contributed by atoms with van der Waals surface area (Å²) in [5.74, 6) is -0.678. The van der Waals surface area contributed by atoms with Crippen LogP contribution in [0.15, 0.2) is 85.0 Å². The minimum absolute atomic E-state index is 0.127. The average Bonchev–Trinajstić information content (AvgIpc) is 2.80. The van der Waals surface area contributed by atoms with Gasteiger partial charge in [0.05, 0.1) is 0 Å².